The number of ether oxygens (including phenoxy) is 2. The molecule has 0 aliphatic heterocycles. The highest BCUT2D eigenvalue weighted by Gasteiger charge is 2.19. The highest BCUT2D eigenvalue weighted by molar-refractivity contribution is 6.32. The zero-order valence-electron chi connectivity index (χ0n) is 14.1. The van der Waals surface area contributed by atoms with Gasteiger partial charge in [-0.15, -0.1) is 0 Å². The number of methoxy groups -OCH3 is 2. The molecule has 3 rings (SSSR count). The molecule has 0 saturated heterocycles. The largest absolute Gasteiger partial charge is 0.493 e. The summed E-state index contributed by atoms with van der Waals surface area (Å²) in [7, 11) is 3.14. The van der Waals surface area contributed by atoms with Gasteiger partial charge in [0.2, 0.25) is 0 Å². The van der Waals surface area contributed by atoms with Crippen LogP contribution in [0.1, 0.15) is 11.1 Å². The Morgan fingerprint density at radius 2 is 1.88 bits per heavy atom. The Hall–Kier alpha value is -2.66. The van der Waals surface area contributed by atoms with E-state index in [-0.39, 0.29) is 6.42 Å². The van der Waals surface area contributed by atoms with E-state index in [1.807, 2.05) is 25.1 Å². The van der Waals surface area contributed by atoms with Gasteiger partial charge in [-0.3, -0.25) is 4.79 Å². The van der Waals surface area contributed by atoms with Crippen LogP contribution in [0.15, 0.2) is 30.3 Å². The molecular formula is C19H18ClNO4. The number of carbonyl (C=O) groups is 1. The number of benzene rings is 2. The van der Waals surface area contributed by atoms with Gasteiger partial charge in [-0.25, -0.2) is 0 Å². The standard InChI is InChI=1S/C19H18ClNO4/c1-10-14(20)6-5-12-13(9-17(22)23)19(21-18(10)12)11-4-7-15(24-2)16(8-11)25-3/h4-8,21H,9H2,1-3H3,(H,22,23). The summed E-state index contributed by atoms with van der Waals surface area (Å²) in [5, 5.41) is 10.8. The van der Waals surface area contributed by atoms with Gasteiger partial charge in [-0.1, -0.05) is 17.7 Å². The topological polar surface area (TPSA) is 71.6 Å². The number of H-pyrrole nitrogens is 1. The lowest BCUT2D eigenvalue weighted by Crippen LogP contribution is -2.01. The molecule has 0 saturated carbocycles. The van der Waals surface area contributed by atoms with Crippen LogP contribution in [0.4, 0.5) is 0 Å². The molecule has 1 heterocycles. The number of fused-ring (bicyclic) bond motifs is 1. The first-order valence-corrected chi connectivity index (χ1v) is 8.08. The summed E-state index contributed by atoms with van der Waals surface area (Å²) in [6, 6.07) is 9.13. The van der Waals surface area contributed by atoms with E-state index in [1.54, 1.807) is 26.4 Å². The minimum Gasteiger partial charge on any atom is -0.493 e. The minimum absolute atomic E-state index is 0.0925. The number of carboxylic acid groups (broad SMARTS) is 1. The smallest absolute Gasteiger partial charge is 0.307 e. The maximum atomic E-state index is 11.4. The Balaban J connectivity index is 2.28. The third-order valence-electron chi connectivity index (χ3n) is 4.28. The van der Waals surface area contributed by atoms with Crippen LogP contribution in [-0.2, 0) is 11.2 Å². The molecule has 1 aromatic heterocycles. The van der Waals surface area contributed by atoms with E-state index in [0.29, 0.717) is 16.5 Å². The summed E-state index contributed by atoms with van der Waals surface area (Å²) in [6.07, 6.45) is -0.0925. The first-order valence-electron chi connectivity index (χ1n) is 7.70. The summed E-state index contributed by atoms with van der Waals surface area (Å²) in [5.41, 5.74) is 4.00. The van der Waals surface area contributed by atoms with E-state index >= 15 is 0 Å². The molecule has 0 bridgehead atoms. The highest BCUT2D eigenvalue weighted by Crippen LogP contribution is 2.38. The van der Waals surface area contributed by atoms with Gasteiger partial charge >= 0.3 is 5.97 Å². The number of hydrogen-bond donors (Lipinski definition) is 2. The number of nitrogens with one attached hydrogen (secondary N) is 1. The fourth-order valence-electron chi connectivity index (χ4n) is 3.01. The van der Waals surface area contributed by atoms with Crippen molar-refractivity contribution in [2.75, 3.05) is 14.2 Å². The summed E-state index contributed by atoms with van der Waals surface area (Å²) >= 11 is 6.22. The lowest BCUT2D eigenvalue weighted by molar-refractivity contribution is -0.136. The third kappa shape index (κ3) is 3.03. The lowest BCUT2D eigenvalue weighted by atomic mass is 10.0. The van der Waals surface area contributed by atoms with E-state index in [0.717, 1.165) is 33.3 Å². The molecule has 3 aromatic rings. The molecular weight excluding hydrogens is 342 g/mol. The Morgan fingerprint density at radius 1 is 1.16 bits per heavy atom. The summed E-state index contributed by atoms with van der Waals surface area (Å²) in [6.45, 7) is 1.91. The monoisotopic (exact) mass is 359 g/mol. The van der Waals surface area contributed by atoms with Crippen molar-refractivity contribution in [2.45, 2.75) is 13.3 Å². The maximum Gasteiger partial charge on any atom is 0.307 e. The second-order valence-corrected chi connectivity index (χ2v) is 6.12. The van der Waals surface area contributed by atoms with Gasteiger partial charge in [-0.05, 0) is 42.3 Å². The van der Waals surface area contributed by atoms with Gasteiger partial charge in [0.15, 0.2) is 11.5 Å². The normalized spacial score (nSPS) is 10.9. The zero-order chi connectivity index (χ0) is 18.1. The van der Waals surface area contributed by atoms with Crippen molar-refractivity contribution < 1.29 is 19.4 Å². The van der Waals surface area contributed by atoms with Crippen molar-refractivity contribution in [3.05, 3.63) is 46.5 Å². The molecule has 25 heavy (non-hydrogen) atoms. The number of carboxylic acids is 1. The van der Waals surface area contributed by atoms with Crippen LogP contribution in [-0.4, -0.2) is 30.3 Å². The van der Waals surface area contributed by atoms with Crippen molar-refractivity contribution >= 4 is 28.5 Å². The van der Waals surface area contributed by atoms with Crippen LogP contribution >= 0.6 is 11.6 Å². The molecule has 0 aliphatic rings. The molecule has 0 spiro atoms. The number of halogens is 1. The molecule has 0 aliphatic carbocycles. The molecule has 0 amide bonds. The van der Waals surface area contributed by atoms with Crippen molar-refractivity contribution in [2.24, 2.45) is 0 Å². The fraction of sp³-hybridized carbons (Fsp3) is 0.211. The summed E-state index contributed by atoms with van der Waals surface area (Å²) in [5.74, 6) is 0.297. The molecule has 130 valence electrons. The minimum atomic E-state index is -0.893. The highest BCUT2D eigenvalue weighted by atomic mass is 35.5. The molecule has 0 unspecified atom stereocenters. The van der Waals surface area contributed by atoms with E-state index < -0.39 is 5.97 Å². The molecule has 6 heteroatoms. The van der Waals surface area contributed by atoms with Crippen LogP contribution in [0.2, 0.25) is 5.02 Å². The third-order valence-corrected chi connectivity index (χ3v) is 4.69. The van der Waals surface area contributed by atoms with Crippen molar-refractivity contribution in [1.82, 2.24) is 4.98 Å². The van der Waals surface area contributed by atoms with Crippen LogP contribution < -0.4 is 9.47 Å². The Bertz CT molecular complexity index is 962. The van der Waals surface area contributed by atoms with Crippen molar-refractivity contribution in [3.8, 4) is 22.8 Å². The van der Waals surface area contributed by atoms with Crippen molar-refractivity contribution in [3.63, 3.8) is 0 Å². The number of aryl methyl sites for hydroxylation is 1. The first kappa shape index (κ1) is 17.2. The molecule has 0 radical (unpaired) electrons. The average molecular weight is 360 g/mol. The van der Waals surface area contributed by atoms with Crippen molar-refractivity contribution in [1.29, 1.82) is 0 Å². The van der Waals surface area contributed by atoms with E-state index in [2.05, 4.69) is 4.98 Å². The average Bonchev–Trinajstić information content (AvgIpc) is 2.96. The van der Waals surface area contributed by atoms with Gasteiger partial charge in [0.1, 0.15) is 0 Å². The van der Waals surface area contributed by atoms with Crippen LogP contribution in [0, 0.1) is 6.92 Å². The molecule has 2 N–H and O–H groups in total. The lowest BCUT2D eigenvalue weighted by Gasteiger charge is -2.10. The van der Waals surface area contributed by atoms with Crippen LogP contribution in [0.25, 0.3) is 22.2 Å². The van der Waals surface area contributed by atoms with Gasteiger partial charge in [-0.2, -0.15) is 0 Å². The van der Waals surface area contributed by atoms with Gasteiger partial charge in [0.05, 0.1) is 31.9 Å². The predicted molar refractivity (Wildman–Crippen MR) is 97.9 cm³/mol. The molecule has 5 nitrogen and oxygen atoms in total. The Morgan fingerprint density at radius 3 is 2.52 bits per heavy atom. The Kier molecular flexibility index (Phi) is 4.59. The second kappa shape index (κ2) is 6.69. The maximum absolute atomic E-state index is 11.4. The molecule has 2 aromatic carbocycles. The quantitative estimate of drug-likeness (QED) is 0.706. The van der Waals surface area contributed by atoms with Gasteiger partial charge in [0, 0.05) is 16.0 Å². The van der Waals surface area contributed by atoms with E-state index in [1.165, 1.54) is 0 Å². The number of aliphatic carboxylic acids is 1. The number of hydrogen-bond acceptors (Lipinski definition) is 3. The summed E-state index contributed by atoms with van der Waals surface area (Å²) < 4.78 is 10.6. The number of aromatic amines is 1. The second-order valence-electron chi connectivity index (χ2n) is 5.71. The first-order chi connectivity index (χ1) is 12.0. The van der Waals surface area contributed by atoms with Crippen LogP contribution in [0.3, 0.4) is 0 Å². The van der Waals surface area contributed by atoms with E-state index in [4.69, 9.17) is 21.1 Å². The van der Waals surface area contributed by atoms with Crippen LogP contribution in [0.5, 0.6) is 11.5 Å². The predicted octanol–water partition coefficient (Wildman–Crippen LogP) is 4.44. The SMILES string of the molecule is COc1ccc(-c2[nH]c3c(C)c(Cl)ccc3c2CC(=O)O)cc1OC. The molecule has 0 fully saturated rings. The van der Waals surface area contributed by atoms with Gasteiger partial charge in [0.25, 0.3) is 0 Å². The Labute approximate surface area is 150 Å². The number of aromatic nitrogens is 1. The zero-order valence-corrected chi connectivity index (χ0v) is 14.9. The summed E-state index contributed by atoms with van der Waals surface area (Å²) in [4.78, 5) is 14.7. The fourth-order valence-corrected chi connectivity index (χ4v) is 3.16. The molecule has 0 atom stereocenters. The van der Waals surface area contributed by atoms with E-state index in [9.17, 15) is 9.90 Å². The number of rotatable bonds is 5. The van der Waals surface area contributed by atoms with Gasteiger partial charge < -0.3 is 19.6 Å².